The van der Waals surface area contributed by atoms with E-state index in [0.29, 0.717) is 0 Å². The molecule has 2 heteroatoms. The van der Waals surface area contributed by atoms with Gasteiger partial charge in [0.15, 0.2) is 5.78 Å². The summed E-state index contributed by atoms with van der Waals surface area (Å²) in [5, 5.41) is 0. The molecule has 0 N–H and O–H groups in total. The molecule has 0 saturated heterocycles. The standard InChI is InChI=1S/C13H15BrO/c1-13(2,3)12(15)9-8-10-6-4-5-7-11(10)14/h4-9H,1-3H3/b9-8-. The number of carbonyl (C=O) groups excluding carboxylic acids is 1. The van der Waals surface area contributed by atoms with Crippen molar-refractivity contribution in [2.75, 3.05) is 0 Å². The normalized spacial score (nSPS) is 12.0. The molecule has 0 heterocycles. The van der Waals surface area contributed by atoms with Crippen molar-refractivity contribution in [2.45, 2.75) is 20.8 Å². The lowest BCUT2D eigenvalue weighted by Crippen LogP contribution is -2.17. The van der Waals surface area contributed by atoms with E-state index in [-0.39, 0.29) is 11.2 Å². The van der Waals surface area contributed by atoms with E-state index in [1.807, 2.05) is 51.1 Å². The Morgan fingerprint density at radius 2 is 1.87 bits per heavy atom. The first-order valence-electron chi connectivity index (χ1n) is 4.88. The van der Waals surface area contributed by atoms with Crippen LogP contribution in [0.4, 0.5) is 0 Å². The van der Waals surface area contributed by atoms with Gasteiger partial charge in [0.25, 0.3) is 0 Å². The highest BCUT2D eigenvalue weighted by Gasteiger charge is 2.17. The second-order valence-corrected chi connectivity index (χ2v) is 5.32. The third-order valence-electron chi connectivity index (χ3n) is 2.06. The highest BCUT2D eigenvalue weighted by atomic mass is 79.9. The molecular formula is C13H15BrO. The maximum absolute atomic E-state index is 11.6. The first-order chi connectivity index (χ1) is 6.91. The van der Waals surface area contributed by atoms with E-state index in [1.165, 1.54) is 0 Å². The van der Waals surface area contributed by atoms with Crippen molar-refractivity contribution in [2.24, 2.45) is 5.41 Å². The Bertz CT molecular complexity index is 386. The zero-order chi connectivity index (χ0) is 11.5. The summed E-state index contributed by atoms with van der Waals surface area (Å²) in [5.74, 6) is 0.137. The molecule has 80 valence electrons. The van der Waals surface area contributed by atoms with Gasteiger partial charge in [-0.3, -0.25) is 4.79 Å². The molecule has 1 aromatic rings. The lowest BCUT2D eigenvalue weighted by Gasteiger charge is -2.12. The molecule has 0 fully saturated rings. The van der Waals surface area contributed by atoms with Crippen molar-refractivity contribution in [3.8, 4) is 0 Å². The average Bonchev–Trinajstić information content (AvgIpc) is 2.14. The number of hydrogen-bond donors (Lipinski definition) is 0. The van der Waals surface area contributed by atoms with E-state index in [9.17, 15) is 4.79 Å². The number of hydrogen-bond acceptors (Lipinski definition) is 1. The van der Waals surface area contributed by atoms with Crippen molar-refractivity contribution in [1.82, 2.24) is 0 Å². The van der Waals surface area contributed by atoms with Crippen LogP contribution in [-0.2, 0) is 4.79 Å². The van der Waals surface area contributed by atoms with E-state index >= 15 is 0 Å². The summed E-state index contributed by atoms with van der Waals surface area (Å²) in [6.45, 7) is 5.75. The predicted octanol–water partition coefficient (Wildman–Crippen LogP) is 4.08. The van der Waals surface area contributed by atoms with Gasteiger partial charge < -0.3 is 0 Å². The molecule has 0 bridgehead atoms. The number of carbonyl (C=O) groups is 1. The maximum atomic E-state index is 11.6. The van der Waals surface area contributed by atoms with Crippen molar-refractivity contribution < 1.29 is 4.79 Å². The molecule has 0 aromatic heterocycles. The summed E-state index contributed by atoms with van der Waals surface area (Å²) < 4.78 is 1.00. The van der Waals surface area contributed by atoms with Gasteiger partial charge in [0, 0.05) is 9.89 Å². The van der Waals surface area contributed by atoms with Crippen LogP contribution in [0.1, 0.15) is 26.3 Å². The lowest BCUT2D eigenvalue weighted by molar-refractivity contribution is -0.121. The van der Waals surface area contributed by atoms with Crippen LogP contribution in [0.3, 0.4) is 0 Å². The van der Waals surface area contributed by atoms with Gasteiger partial charge in [-0.15, -0.1) is 0 Å². The first kappa shape index (κ1) is 12.2. The fraction of sp³-hybridized carbons (Fsp3) is 0.308. The summed E-state index contributed by atoms with van der Waals surface area (Å²) in [6.07, 6.45) is 3.48. The van der Waals surface area contributed by atoms with E-state index < -0.39 is 0 Å². The van der Waals surface area contributed by atoms with Gasteiger partial charge in [-0.05, 0) is 17.7 Å². The zero-order valence-corrected chi connectivity index (χ0v) is 10.8. The van der Waals surface area contributed by atoms with E-state index in [1.54, 1.807) is 6.08 Å². The van der Waals surface area contributed by atoms with Crippen LogP contribution in [0.2, 0.25) is 0 Å². The largest absolute Gasteiger partial charge is 0.294 e. The highest BCUT2D eigenvalue weighted by molar-refractivity contribution is 9.10. The van der Waals surface area contributed by atoms with Crippen molar-refractivity contribution in [3.63, 3.8) is 0 Å². The zero-order valence-electron chi connectivity index (χ0n) is 9.25. The fourth-order valence-electron chi connectivity index (χ4n) is 1.03. The number of benzene rings is 1. The monoisotopic (exact) mass is 266 g/mol. The summed E-state index contributed by atoms with van der Waals surface area (Å²) >= 11 is 3.43. The van der Waals surface area contributed by atoms with Gasteiger partial charge in [-0.2, -0.15) is 0 Å². The minimum Gasteiger partial charge on any atom is -0.294 e. The van der Waals surface area contributed by atoms with E-state index in [4.69, 9.17) is 0 Å². The van der Waals surface area contributed by atoms with E-state index in [2.05, 4.69) is 15.9 Å². The van der Waals surface area contributed by atoms with Gasteiger partial charge in [0.05, 0.1) is 0 Å². The molecule has 0 unspecified atom stereocenters. The van der Waals surface area contributed by atoms with Crippen LogP contribution in [0.5, 0.6) is 0 Å². The Hall–Kier alpha value is -0.890. The lowest BCUT2D eigenvalue weighted by atomic mass is 9.90. The predicted molar refractivity (Wildman–Crippen MR) is 67.6 cm³/mol. The summed E-state index contributed by atoms with van der Waals surface area (Å²) in [7, 11) is 0. The van der Waals surface area contributed by atoms with Gasteiger partial charge in [0.1, 0.15) is 0 Å². The molecule has 1 rings (SSSR count). The minimum atomic E-state index is -0.308. The third-order valence-corrected chi connectivity index (χ3v) is 2.78. The van der Waals surface area contributed by atoms with E-state index in [0.717, 1.165) is 10.0 Å². The molecule has 0 amide bonds. The smallest absolute Gasteiger partial charge is 0.161 e. The third kappa shape index (κ3) is 3.63. The molecule has 0 aliphatic rings. The molecular weight excluding hydrogens is 252 g/mol. The Labute approximate surface area is 99.3 Å². The second-order valence-electron chi connectivity index (χ2n) is 4.47. The second kappa shape index (κ2) is 4.75. The van der Waals surface area contributed by atoms with Gasteiger partial charge in [0.2, 0.25) is 0 Å². The average molecular weight is 267 g/mol. The highest BCUT2D eigenvalue weighted by Crippen LogP contribution is 2.19. The first-order valence-corrected chi connectivity index (χ1v) is 5.67. The molecule has 0 aliphatic heterocycles. The van der Waals surface area contributed by atoms with Crippen LogP contribution in [0, 0.1) is 5.41 Å². The Balaban J connectivity index is 2.84. The molecule has 1 nitrogen and oxygen atoms in total. The summed E-state index contributed by atoms with van der Waals surface area (Å²) in [5.41, 5.74) is 0.715. The van der Waals surface area contributed by atoms with Gasteiger partial charge in [-0.1, -0.05) is 61.0 Å². The number of halogens is 1. The number of allylic oxidation sites excluding steroid dienone is 1. The SMILES string of the molecule is CC(C)(C)C(=O)/C=C\c1ccccc1Br. The molecule has 0 spiro atoms. The number of ketones is 1. The van der Waals surface area contributed by atoms with Crippen LogP contribution in [-0.4, -0.2) is 5.78 Å². The molecule has 0 saturated carbocycles. The Morgan fingerprint density at radius 3 is 2.40 bits per heavy atom. The minimum absolute atomic E-state index is 0.137. The topological polar surface area (TPSA) is 17.1 Å². The van der Waals surface area contributed by atoms with Crippen LogP contribution < -0.4 is 0 Å². The molecule has 0 atom stereocenters. The van der Waals surface area contributed by atoms with Crippen molar-refractivity contribution in [3.05, 3.63) is 40.4 Å². The van der Waals surface area contributed by atoms with Crippen LogP contribution >= 0.6 is 15.9 Å². The number of rotatable bonds is 2. The fourth-order valence-corrected chi connectivity index (χ4v) is 1.44. The maximum Gasteiger partial charge on any atom is 0.161 e. The van der Waals surface area contributed by atoms with Crippen LogP contribution in [0.25, 0.3) is 6.08 Å². The molecule has 1 aromatic carbocycles. The Morgan fingerprint density at radius 1 is 1.27 bits per heavy atom. The summed E-state index contributed by atoms with van der Waals surface area (Å²) in [6, 6.07) is 7.83. The van der Waals surface area contributed by atoms with Crippen molar-refractivity contribution >= 4 is 27.8 Å². The Kier molecular flexibility index (Phi) is 3.86. The molecule has 15 heavy (non-hydrogen) atoms. The molecule has 0 radical (unpaired) electrons. The molecule has 0 aliphatic carbocycles. The quantitative estimate of drug-likeness (QED) is 0.738. The van der Waals surface area contributed by atoms with Gasteiger partial charge >= 0.3 is 0 Å². The summed E-state index contributed by atoms with van der Waals surface area (Å²) in [4.78, 5) is 11.6. The van der Waals surface area contributed by atoms with Gasteiger partial charge in [-0.25, -0.2) is 0 Å². The van der Waals surface area contributed by atoms with Crippen LogP contribution in [0.15, 0.2) is 34.8 Å². The van der Waals surface area contributed by atoms with Crippen molar-refractivity contribution in [1.29, 1.82) is 0 Å².